The summed E-state index contributed by atoms with van der Waals surface area (Å²) < 4.78 is 2.33. The number of anilines is 2. The first-order valence-electron chi connectivity index (χ1n) is 9.28. The van der Waals surface area contributed by atoms with Gasteiger partial charge in [-0.05, 0) is 26.0 Å². The van der Waals surface area contributed by atoms with E-state index in [1.54, 1.807) is 36.5 Å². The number of carboxylic acids is 2. The molecule has 0 unspecified atom stereocenters. The number of hydrogen-bond acceptors (Lipinski definition) is 6. The SMILES string of the molecule is C[C@@H](Nc1csc2ccccc12)C(=O)O.C[C@H](Nc1csc2ccccc12)C(=O)O. The summed E-state index contributed by atoms with van der Waals surface area (Å²) in [5.74, 6) is -1.68. The van der Waals surface area contributed by atoms with Crippen LogP contribution in [0.3, 0.4) is 0 Å². The second-order valence-electron chi connectivity index (χ2n) is 6.70. The molecule has 0 aliphatic rings. The Morgan fingerprint density at radius 1 is 0.733 bits per heavy atom. The molecule has 4 N–H and O–H groups in total. The molecule has 4 rings (SSSR count). The minimum absolute atomic E-state index is 0.567. The molecule has 156 valence electrons. The van der Waals surface area contributed by atoms with Crippen molar-refractivity contribution in [3.63, 3.8) is 0 Å². The molecule has 2 aromatic carbocycles. The first kappa shape index (κ1) is 21.6. The first-order chi connectivity index (χ1) is 14.4. The molecule has 0 saturated heterocycles. The van der Waals surface area contributed by atoms with Crippen molar-refractivity contribution in [3.05, 3.63) is 59.3 Å². The van der Waals surface area contributed by atoms with Gasteiger partial charge in [0.15, 0.2) is 0 Å². The van der Waals surface area contributed by atoms with Crippen molar-refractivity contribution >= 4 is 66.2 Å². The number of carbonyl (C=O) groups is 2. The van der Waals surface area contributed by atoms with Gasteiger partial charge in [0.1, 0.15) is 12.1 Å². The van der Waals surface area contributed by atoms with E-state index in [4.69, 9.17) is 10.2 Å². The second-order valence-corrected chi connectivity index (χ2v) is 8.52. The fourth-order valence-electron chi connectivity index (χ4n) is 2.77. The number of thiophene rings is 2. The third-order valence-electron chi connectivity index (χ3n) is 4.45. The van der Waals surface area contributed by atoms with Crippen molar-refractivity contribution in [3.8, 4) is 0 Å². The van der Waals surface area contributed by atoms with Crippen molar-refractivity contribution in [2.75, 3.05) is 10.6 Å². The molecule has 0 bridgehead atoms. The molecule has 2 heterocycles. The number of fused-ring (bicyclic) bond motifs is 2. The summed E-state index contributed by atoms with van der Waals surface area (Å²) in [5, 5.41) is 29.6. The molecule has 2 aromatic heterocycles. The summed E-state index contributed by atoms with van der Waals surface area (Å²) in [7, 11) is 0. The molecule has 0 fully saturated rings. The average Bonchev–Trinajstić information content (AvgIpc) is 3.33. The third-order valence-corrected chi connectivity index (χ3v) is 6.37. The Hall–Kier alpha value is -3.10. The van der Waals surface area contributed by atoms with Crippen molar-refractivity contribution in [1.29, 1.82) is 0 Å². The van der Waals surface area contributed by atoms with E-state index in [1.807, 2.05) is 59.3 Å². The van der Waals surface area contributed by atoms with E-state index < -0.39 is 24.0 Å². The Morgan fingerprint density at radius 3 is 1.47 bits per heavy atom. The van der Waals surface area contributed by atoms with Crippen LogP contribution < -0.4 is 10.6 Å². The summed E-state index contributed by atoms with van der Waals surface area (Å²) >= 11 is 3.22. The normalized spacial score (nSPS) is 12.6. The maximum Gasteiger partial charge on any atom is 0.325 e. The zero-order valence-electron chi connectivity index (χ0n) is 16.5. The van der Waals surface area contributed by atoms with Crippen LogP contribution in [0, 0.1) is 0 Å². The van der Waals surface area contributed by atoms with Crippen LogP contribution in [0.5, 0.6) is 0 Å². The zero-order valence-corrected chi connectivity index (χ0v) is 18.1. The predicted molar refractivity (Wildman–Crippen MR) is 125 cm³/mol. The first-order valence-corrected chi connectivity index (χ1v) is 11.0. The number of carboxylic acid groups (broad SMARTS) is 2. The summed E-state index contributed by atoms with van der Waals surface area (Å²) in [4.78, 5) is 21.4. The fraction of sp³-hybridized carbons (Fsp3) is 0.182. The van der Waals surface area contributed by atoms with E-state index in [-0.39, 0.29) is 0 Å². The van der Waals surface area contributed by atoms with Gasteiger partial charge in [0.25, 0.3) is 0 Å². The van der Waals surface area contributed by atoms with Crippen LogP contribution in [0.1, 0.15) is 13.8 Å². The van der Waals surface area contributed by atoms with Crippen molar-refractivity contribution < 1.29 is 19.8 Å². The van der Waals surface area contributed by atoms with Crippen molar-refractivity contribution in [2.45, 2.75) is 25.9 Å². The molecular formula is C22H22N2O4S2. The highest BCUT2D eigenvalue weighted by Crippen LogP contribution is 2.31. The lowest BCUT2D eigenvalue weighted by atomic mass is 10.2. The lowest BCUT2D eigenvalue weighted by Gasteiger charge is -2.09. The Balaban J connectivity index is 0.000000171. The second kappa shape index (κ2) is 9.60. The van der Waals surface area contributed by atoms with Crippen LogP contribution >= 0.6 is 22.7 Å². The monoisotopic (exact) mass is 442 g/mol. The lowest BCUT2D eigenvalue weighted by Crippen LogP contribution is -2.25. The maximum absolute atomic E-state index is 10.7. The Bertz CT molecular complexity index is 1080. The zero-order chi connectivity index (χ0) is 21.7. The average molecular weight is 443 g/mol. The molecule has 8 heteroatoms. The van der Waals surface area contributed by atoms with Gasteiger partial charge in [-0.2, -0.15) is 0 Å². The van der Waals surface area contributed by atoms with Crippen molar-refractivity contribution in [1.82, 2.24) is 0 Å². The smallest absolute Gasteiger partial charge is 0.325 e. The molecule has 0 aliphatic carbocycles. The fourth-order valence-corrected chi connectivity index (χ4v) is 4.57. The number of aliphatic carboxylic acids is 2. The molecule has 6 nitrogen and oxygen atoms in total. The molecular weight excluding hydrogens is 420 g/mol. The molecule has 0 spiro atoms. The van der Waals surface area contributed by atoms with E-state index in [9.17, 15) is 9.59 Å². The van der Waals surface area contributed by atoms with E-state index >= 15 is 0 Å². The Morgan fingerprint density at radius 2 is 1.10 bits per heavy atom. The van der Waals surface area contributed by atoms with Gasteiger partial charge in [0, 0.05) is 30.9 Å². The molecule has 2 atom stereocenters. The number of nitrogens with one attached hydrogen (secondary N) is 2. The lowest BCUT2D eigenvalue weighted by molar-refractivity contribution is -0.138. The summed E-state index contributed by atoms with van der Waals surface area (Å²) in [6.07, 6.45) is 0. The van der Waals surface area contributed by atoms with Gasteiger partial charge in [-0.1, -0.05) is 36.4 Å². The van der Waals surface area contributed by atoms with E-state index in [1.165, 1.54) is 0 Å². The predicted octanol–water partition coefficient (Wildman–Crippen LogP) is 5.57. The largest absolute Gasteiger partial charge is 0.480 e. The van der Waals surface area contributed by atoms with Crippen LogP contribution in [0.2, 0.25) is 0 Å². The minimum Gasteiger partial charge on any atom is -0.480 e. The van der Waals surface area contributed by atoms with Gasteiger partial charge in [0.2, 0.25) is 0 Å². The van der Waals surface area contributed by atoms with E-state index in [0.29, 0.717) is 0 Å². The van der Waals surface area contributed by atoms with Gasteiger partial charge >= 0.3 is 11.9 Å². The van der Waals surface area contributed by atoms with E-state index in [0.717, 1.165) is 31.5 Å². The van der Waals surface area contributed by atoms with Gasteiger partial charge in [0.05, 0.1) is 11.4 Å². The number of benzene rings is 2. The molecule has 0 aliphatic heterocycles. The van der Waals surface area contributed by atoms with E-state index in [2.05, 4.69) is 10.6 Å². The minimum atomic E-state index is -0.842. The van der Waals surface area contributed by atoms with Crippen LogP contribution in [-0.4, -0.2) is 34.2 Å². The standard InChI is InChI=1S/2C11H11NO2S/c2*1-7(11(13)14)12-9-6-15-10-5-3-2-4-8(9)10/h2*2-7,12H,1H3,(H,13,14)/t2*7-/m10/s1. The van der Waals surface area contributed by atoms with Crippen LogP contribution in [0.25, 0.3) is 20.2 Å². The van der Waals surface area contributed by atoms with Gasteiger partial charge in [-0.15, -0.1) is 22.7 Å². The van der Waals surface area contributed by atoms with Crippen LogP contribution in [-0.2, 0) is 9.59 Å². The van der Waals surface area contributed by atoms with Gasteiger partial charge in [-0.3, -0.25) is 9.59 Å². The summed E-state index contributed by atoms with van der Waals surface area (Å²) in [6, 6.07) is 14.7. The molecule has 0 amide bonds. The number of rotatable bonds is 6. The van der Waals surface area contributed by atoms with Crippen LogP contribution in [0.4, 0.5) is 11.4 Å². The number of hydrogen-bond donors (Lipinski definition) is 4. The summed E-state index contributed by atoms with van der Waals surface area (Å²) in [5.41, 5.74) is 1.79. The quantitative estimate of drug-likeness (QED) is 0.311. The molecule has 0 saturated carbocycles. The highest BCUT2D eigenvalue weighted by Gasteiger charge is 2.13. The Labute approximate surface area is 181 Å². The van der Waals surface area contributed by atoms with Crippen molar-refractivity contribution in [2.24, 2.45) is 0 Å². The third kappa shape index (κ3) is 5.08. The maximum atomic E-state index is 10.7. The van der Waals surface area contributed by atoms with Gasteiger partial charge in [-0.25, -0.2) is 0 Å². The highest BCUT2D eigenvalue weighted by atomic mass is 32.1. The molecule has 0 radical (unpaired) electrons. The highest BCUT2D eigenvalue weighted by molar-refractivity contribution is 7.18. The topological polar surface area (TPSA) is 98.7 Å². The molecule has 4 aromatic rings. The molecule has 30 heavy (non-hydrogen) atoms. The summed E-state index contributed by atoms with van der Waals surface area (Å²) in [6.45, 7) is 3.27. The van der Waals surface area contributed by atoms with Gasteiger partial charge < -0.3 is 20.8 Å². The Kier molecular flexibility index (Phi) is 6.91. The van der Waals surface area contributed by atoms with Crippen LogP contribution in [0.15, 0.2) is 59.3 Å².